The van der Waals surface area contributed by atoms with Crippen LogP contribution in [0.5, 0.6) is 0 Å². The first kappa shape index (κ1) is 18.4. The molecule has 0 amide bonds. The van der Waals surface area contributed by atoms with E-state index < -0.39 is 27.0 Å². The van der Waals surface area contributed by atoms with Gasteiger partial charge in [-0.15, -0.1) is 0 Å². The summed E-state index contributed by atoms with van der Waals surface area (Å²) in [6.45, 7) is 5.41. The molecule has 0 saturated carbocycles. The van der Waals surface area contributed by atoms with Crippen LogP contribution in [0.1, 0.15) is 59.3 Å². The van der Waals surface area contributed by atoms with E-state index in [9.17, 15) is 17.4 Å². The van der Waals surface area contributed by atoms with E-state index in [1.165, 1.54) is 13.0 Å². The maximum absolute atomic E-state index is 14.1. The molecule has 1 N–H and O–H groups in total. The maximum atomic E-state index is 14.1. The topological polar surface area (TPSA) is 54.4 Å². The molecule has 3 nitrogen and oxygen atoms in total. The van der Waals surface area contributed by atoms with Crippen molar-refractivity contribution in [1.29, 1.82) is 0 Å². The summed E-state index contributed by atoms with van der Waals surface area (Å²) in [4.78, 5) is 0. The summed E-state index contributed by atoms with van der Waals surface area (Å²) in [5.41, 5.74) is 0.902. The summed E-state index contributed by atoms with van der Waals surface area (Å²) >= 11 is 0. The molecule has 122 valence electrons. The number of halogens is 1. The van der Waals surface area contributed by atoms with Gasteiger partial charge in [-0.3, -0.25) is 4.55 Å². The molecule has 0 saturated heterocycles. The van der Waals surface area contributed by atoms with Gasteiger partial charge in [0.2, 0.25) is 0 Å². The summed E-state index contributed by atoms with van der Waals surface area (Å²) < 4.78 is 45.5. The fourth-order valence-corrected chi connectivity index (χ4v) is 3.51. The molecule has 0 spiro atoms. The number of hydrogen-bond donors (Lipinski definition) is 1. The summed E-state index contributed by atoms with van der Waals surface area (Å²) in [6.07, 6.45) is 8.47. The van der Waals surface area contributed by atoms with E-state index in [4.69, 9.17) is 0 Å². The Balaban J connectivity index is 2.72. The highest BCUT2D eigenvalue weighted by Gasteiger charge is 2.44. The van der Waals surface area contributed by atoms with Gasteiger partial charge in [-0.05, 0) is 26.7 Å². The quantitative estimate of drug-likeness (QED) is 0.531. The molecule has 21 heavy (non-hydrogen) atoms. The third-order valence-electron chi connectivity index (χ3n) is 4.31. The molecular formula is C16H27FO3S. The number of allylic oxidation sites excluding steroid dienone is 3. The van der Waals surface area contributed by atoms with E-state index in [2.05, 4.69) is 6.92 Å². The third kappa shape index (κ3) is 4.92. The summed E-state index contributed by atoms with van der Waals surface area (Å²) in [5, 5.41) is 0. The smallest absolute Gasteiger partial charge is 0.274 e. The molecule has 3 atom stereocenters. The standard InChI is InChI=1S/C16H27FO3S/c1-4-5-6-7-8-15(17)12-14-11-13(2)9-10-16(14,3)21(18,19)20/h9-11,14-15H,4-8,12H2,1-3H3,(H,18,19,20)/t14-,15?,16-/m1/s1. The molecule has 1 aliphatic carbocycles. The van der Waals surface area contributed by atoms with Crippen molar-refractivity contribution >= 4 is 10.1 Å². The minimum atomic E-state index is -4.27. The minimum Gasteiger partial charge on any atom is -0.285 e. The Kier molecular flexibility index (Phi) is 6.60. The monoisotopic (exact) mass is 318 g/mol. The molecule has 0 fully saturated rings. The van der Waals surface area contributed by atoms with Crippen LogP contribution in [0.3, 0.4) is 0 Å². The van der Waals surface area contributed by atoms with Crippen LogP contribution in [0.15, 0.2) is 23.8 Å². The van der Waals surface area contributed by atoms with E-state index in [0.717, 1.165) is 31.3 Å². The zero-order valence-corrected chi connectivity index (χ0v) is 14.0. The van der Waals surface area contributed by atoms with Crippen molar-refractivity contribution in [3.63, 3.8) is 0 Å². The fourth-order valence-electron chi connectivity index (χ4n) is 2.72. The lowest BCUT2D eigenvalue weighted by molar-refractivity contribution is 0.248. The van der Waals surface area contributed by atoms with Crippen LogP contribution >= 0.6 is 0 Å². The van der Waals surface area contributed by atoms with Gasteiger partial charge in [0.05, 0.1) is 0 Å². The Labute approximate surface area is 128 Å². The highest BCUT2D eigenvalue weighted by Crippen LogP contribution is 2.37. The Bertz CT molecular complexity index is 496. The lowest BCUT2D eigenvalue weighted by Gasteiger charge is -2.34. The highest BCUT2D eigenvalue weighted by atomic mass is 32.2. The highest BCUT2D eigenvalue weighted by molar-refractivity contribution is 7.87. The summed E-state index contributed by atoms with van der Waals surface area (Å²) in [6, 6.07) is 0. The van der Waals surface area contributed by atoms with Crippen LogP contribution in [0, 0.1) is 5.92 Å². The molecule has 0 aromatic rings. The fraction of sp³-hybridized carbons (Fsp3) is 0.750. The zero-order valence-electron chi connectivity index (χ0n) is 13.2. The van der Waals surface area contributed by atoms with Crippen molar-refractivity contribution in [3.05, 3.63) is 23.8 Å². The number of rotatable bonds is 8. The SMILES string of the molecule is CCCCCCC(F)C[C@H]1C=C(C)C=C[C@@]1(C)S(=O)(=O)O. The number of alkyl halides is 1. The van der Waals surface area contributed by atoms with Crippen molar-refractivity contribution in [1.82, 2.24) is 0 Å². The number of hydrogen-bond acceptors (Lipinski definition) is 2. The van der Waals surface area contributed by atoms with Crippen molar-refractivity contribution < 1.29 is 17.4 Å². The van der Waals surface area contributed by atoms with Crippen LogP contribution in [0.2, 0.25) is 0 Å². The second-order valence-electron chi connectivity index (χ2n) is 6.19. The summed E-state index contributed by atoms with van der Waals surface area (Å²) in [5.74, 6) is -0.529. The molecule has 0 aromatic heterocycles. The predicted molar refractivity (Wildman–Crippen MR) is 84.6 cm³/mol. The van der Waals surface area contributed by atoms with E-state index >= 15 is 0 Å². The second-order valence-corrected chi connectivity index (χ2v) is 8.02. The van der Waals surface area contributed by atoms with Gasteiger partial charge in [0, 0.05) is 5.92 Å². The van der Waals surface area contributed by atoms with Crippen LogP contribution < -0.4 is 0 Å². The van der Waals surface area contributed by atoms with Gasteiger partial charge in [-0.2, -0.15) is 8.42 Å². The summed E-state index contributed by atoms with van der Waals surface area (Å²) in [7, 11) is -4.27. The van der Waals surface area contributed by atoms with Crippen molar-refractivity contribution in [2.45, 2.75) is 70.2 Å². The van der Waals surface area contributed by atoms with Gasteiger partial charge >= 0.3 is 0 Å². The molecule has 0 radical (unpaired) electrons. The Morgan fingerprint density at radius 2 is 2.05 bits per heavy atom. The third-order valence-corrected chi connectivity index (χ3v) is 5.86. The predicted octanol–water partition coefficient (Wildman–Crippen LogP) is 4.46. The molecular weight excluding hydrogens is 291 g/mol. The van der Waals surface area contributed by atoms with Crippen LogP contribution in [-0.2, 0) is 10.1 Å². The maximum Gasteiger partial charge on any atom is 0.274 e. The van der Waals surface area contributed by atoms with Crippen molar-refractivity contribution in [2.24, 2.45) is 5.92 Å². The molecule has 0 aliphatic heterocycles. The second kappa shape index (κ2) is 7.54. The van der Waals surface area contributed by atoms with Gasteiger partial charge in [0.1, 0.15) is 10.9 Å². The average Bonchev–Trinajstić information content (AvgIpc) is 2.38. The normalized spacial score (nSPS) is 27.5. The van der Waals surface area contributed by atoms with E-state index in [1.54, 1.807) is 12.2 Å². The molecule has 0 heterocycles. The molecule has 5 heteroatoms. The Hall–Kier alpha value is -0.680. The van der Waals surface area contributed by atoms with Crippen molar-refractivity contribution in [2.75, 3.05) is 0 Å². The first-order valence-electron chi connectivity index (χ1n) is 7.69. The van der Waals surface area contributed by atoms with Gasteiger partial charge in [0.25, 0.3) is 10.1 Å². The van der Waals surface area contributed by atoms with Crippen LogP contribution in [0.25, 0.3) is 0 Å². The largest absolute Gasteiger partial charge is 0.285 e. The van der Waals surface area contributed by atoms with E-state index in [-0.39, 0.29) is 6.42 Å². The van der Waals surface area contributed by atoms with E-state index in [1.807, 2.05) is 6.92 Å². The van der Waals surface area contributed by atoms with Crippen molar-refractivity contribution in [3.8, 4) is 0 Å². The van der Waals surface area contributed by atoms with Crippen LogP contribution in [-0.4, -0.2) is 23.9 Å². The van der Waals surface area contributed by atoms with E-state index in [0.29, 0.717) is 6.42 Å². The van der Waals surface area contributed by atoms with Gasteiger partial charge in [0.15, 0.2) is 0 Å². The molecule has 1 aliphatic rings. The molecule has 1 unspecified atom stereocenters. The van der Waals surface area contributed by atoms with Gasteiger partial charge in [-0.1, -0.05) is 56.4 Å². The minimum absolute atomic E-state index is 0.129. The van der Waals surface area contributed by atoms with Crippen LogP contribution in [0.4, 0.5) is 4.39 Å². The Morgan fingerprint density at radius 3 is 2.62 bits per heavy atom. The number of unbranched alkanes of at least 4 members (excludes halogenated alkanes) is 3. The van der Waals surface area contributed by atoms with Gasteiger partial charge < -0.3 is 0 Å². The molecule has 0 aromatic carbocycles. The molecule has 0 bridgehead atoms. The first-order valence-corrected chi connectivity index (χ1v) is 9.13. The lowest BCUT2D eigenvalue weighted by atomic mass is 9.82. The molecule has 1 rings (SSSR count). The van der Waals surface area contributed by atoms with Gasteiger partial charge in [-0.25, -0.2) is 4.39 Å². The Morgan fingerprint density at radius 1 is 1.38 bits per heavy atom. The lowest BCUT2D eigenvalue weighted by Crippen LogP contribution is -2.42. The first-order chi connectivity index (χ1) is 9.70. The zero-order chi connectivity index (χ0) is 16.1. The average molecular weight is 318 g/mol.